The standard InChI is InChI=1S/C19H13N3O/c1-2-6-14(7-3-1)16-8-4-5-9-18(16)23-19-21-13-15-12-20-11-10-17(15)22-19/h1-13H. The smallest absolute Gasteiger partial charge is 0.322 e. The minimum absolute atomic E-state index is 0.326. The normalized spacial score (nSPS) is 10.6. The fraction of sp³-hybridized carbons (Fsp3) is 0. The zero-order valence-electron chi connectivity index (χ0n) is 12.3. The van der Waals surface area contributed by atoms with Crippen molar-refractivity contribution in [3.8, 4) is 22.9 Å². The number of rotatable bonds is 3. The molecule has 0 unspecified atom stereocenters. The van der Waals surface area contributed by atoms with Gasteiger partial charge in [0.1, 0.15) is 5.75 Å². The first kappa shape index (κ1) is 13.4. The third-order valence-corrected chi connectivity index (χ3v) is 3.53. The molecule has 0 aliphatic rings. The zero-order valence-corrected chi connectivity index (χ0v) is 12.3. The predicted molar refractivity (Wildman–Crippen MR) is 89.3 cm³/mol. The Kier molecular flexibility index (Phi) is 3.41. The highest BCUT2D eigenvalue weighted by Crippen LogP contribution is 2.32. The Morgan fingerprint density at radius 3 is 2.52 bits per heavy atom. The molecule has 0 aliphatic heterocycles. The van der Waals surface area contributed by atoms with Crippen LogP contribution in [0, 0.1) is 0 Å². The van der Waals surface area contributed by atoms with Crippen LogP contribution in [0.15, 0.2) is 79.3 Å². The van der Waals surface area contributed by atoms with Crippen LogP contribution in [0.2, 0.25) is 0 Å². The maximum Gasteiger partial charge on any atom is 0.322 e. The lowest BCUT2D eigenvalue weighted by molar-refractivity contribution is 0.446. The van der Waals surface area contributed by atoms with Crippen molar-refractivity contribution in [2.75, 3.05) is 0 Å². The largest absolute Gasteiger partial charge is 0.424 e. The van der Waals surface area contributed by atoms with E-state index in [1.165, 1.54) is 0 Å². The van der Waals surface area contributed by atoms with Crippen molar-refractivity contribution in [2.24, 2.45) is 0 Å². The van der Waals surface area contributed by atoms with Gasteiger partial charge in [0.05, 0.1) is 5.52 Å². The Bertz CT molecular complexity index is 955. The summed E-state index contributed by atoms with van der Waals surface area (Å²) in [6.07, 6.45) is 5.16. The molecule has 0 amide bonds. The number of benzene rings is 2. The number of fused-ring (bicyclic) bond motifs is 1. The monoisotopic (exact) mass is 299 g/mol. The van der Waals surface area contributed by atoms with Crippen LogP contribution in [0.25, 0.3) is 22.0 Å². The van der Waals surface area contributed by atoms with Crippen LogP contribution >= 0.6 is 0 Å². The third kappa shape index (κ3) is 2.74. The predicted octanol–water partition coefficient (Wildman–Crippen LogP) is 4.48. The molecule has 0 aliphatic carbocycles. The van der Waals surface area contributed by atoms with E-state index in [0.29, 0.717) is 6.01 Å². The van der Waals surface area contributed by atoms with E-state index >= 15 is 0 Å². The summed E-state index contributed by atoms with van der Waals surface area (Å²) in [7, 11) is 0. The molecule has 2 aromatic carbocycles. The summed E-state index contributed by atoms with van der Waals surface area (Å²) < 4.78 is 5.93. The number of aromatic nitrogens is 3. The molecular weight excluding hydrogens is 286 g/mol. The van der Waals surface area contributed by atoms with Crippen molar-refractivity contribution in [1.82, 2.24) is 15.0 Å². The quantitative estimate of drug-likeness (QED) is 0.559. The maximum atomic E-state index is 5.93. The van der Waals surface area contributed by atoms with Crippen LogP contribution in [-0.2, 0) is 0 Å². The fourth-order valence-electron chi connectivity index (χ4n) is 2.42. The van der Waals surface area contributed by atoms with E-state index in [9.17, 15) is 0 Å². The lowest BCUT2D eigenvalue weighted by Gasteiger charge is -2.10. The van der Waals surface area contributed by atoms with Gasteiger partial charge in [0.25, 0.3) is 0 Å². The van der Waals surface area contributed by atoms with E-state index in [1.54, 1.807) is 18.6 Å². The van der Waals surface area contributed by atoms with E-state index in [2.05, 4.69) is 27.1 Å². The van der Waals surface area contributed by atoms with Crippen LogP contribution < -0.4 is 4.74 Å². The summed E-state index contributed by atoms with van der Waals surface area (Å²) in [6.45, 7) is 0. The molecule has 0 radical (unpaired) electrons. The van der Waals surface area contributed by atoms with Crippen molar-refractivity contribution < 1.29 is 4.74 Å². The van der Waals surface area contributed by atoms with E-state index in [1.807, 2.05) is 48.5 Å². The summed E-state index contributed by atoms with van der Waals surface area (Å²) in [5.41, 5.74) is 2.90. The van der Waals surface area contributed by atoms with Gasteiger partial charge in [-0.2, -0.15) is 4.98 Å². The second kappa shape index (κ2) is 5.85. The summed E-state index contributed by atoms with van der Waals surface area (Å²) in [4.78, 5) is 12.8. The number of ether oxygens (including phenoxy) is 1. The average molecular weight is 299 g/mol. The molecule has 23 heavy (non-hydrogen) atoms. The molecule has 0 N–H and O–H groups in total. The number of hydrogen-bond acceptors (Lipinski definition) is 4. The number of pyridine rings is 1. The first-order valence-electron chi connectivity index (χ1n) is 7.29. The van der Waals surface area contributed by atoms with Crippen LogP contribution in [0.3, 0.4) is 0 Å². The van der Waals surface area contributed by atoms with Gasteiger partial charge in [-0.3, -0.25) is 4.98 Å². The molecule has 0 atom stereocenters. The minimum Gasteiger partial charge on any atom is -0.424 e. The van der Waals surface area contributed by atoms with Gasteiger partial charge in [-0.15, -0.1) is 0 Å². The van der Waals surface area contributed by atoms with Gasteiger partial charge in [0.15, 0.2) is 0 Å². The molecule has 2 aromatic heterocycles. The summed E-state index contributed by atoms with van der Waals surface area (Å²) in [6, 6.07) is 20.1. The second-order valence-corrected chi connectivity index (χ2v) is 5.05. The van der Waals surface area contributed by atoms with Gasteiger partial charge in [-0.25, -0.2) is 4.98 Å². The van der Waals surface area contributed by atoms with E-state index in [4.69, 9.17) is 4.74 Å². The van der Waals surface area contributed by atoms with Crippen molar-refractivity contribution in [1.29, 1.82) is 0 Å². The zero-order chi connectivity index (χ0) is 15.5. The highest BCUT2D eigenvalue weighted by Gasteiger charge is 2.08. The van der Waals surface area contributed by atoms with Crippen molar-refractivity contribution in [2.45, 2.75) is 0 Å². The Labute approximate surface area is 133 Å². The van der Waals surface area contributed by atoms with Gasteiger partial charge < -0.3 is 4.74 Å². The van der Waals surface area contributed by atoms with Crippen LogP contribution in [0.4, 0.5) is 0 Å². The minimum atomic E-state index is 0.326. The lowest BCUT2D eigenvalue weighted by Crippen LogP contribution is -1.94. The third-order valence-electron chi connectivity index (χ3n) is 3.53. The molecule has 0 saturated heterocycles. The van der Waals surface area contributed by atoms with Gasteiger partial charge in [0.2, 0.25) is 0 Å². The van der Waals surface area contributed by atoms with E-state index in [-0.39, 0.29) is 0 Å². The molecule has 0 spiro atoms. The molecule has 0 bridgehead atoms. The van der Waals surface area contributed by atoms with E-state index in [0.717, 1.165) is 27.8 Å². The van der Waals surface area contributed by atoms with Crippen molar-refractivity contribution in [3.05, 3.63) is 79.3 Å². The SMILES string of the molecule is c1ccc(-c2ccccc2Oc2ncc3cnccc3n2)cc1. The van der Waals surface area contributed by atoms with Gasteiger partial charge in [-0.1, -0.05) is 48.5 Å². The van der Waals surface area contributed by atoms with Crippen LogP contribution in [0.5, 0.6) is 11.8 Å². The van der Waals surface area contributed by atoms with Gasteiger partial charge >= 0.3 is 6.01 Å². The summed E-state index contributed by atoms with van der Waals surface area (Å²) in [5.74, 6) is 0.729. The number of nitrogens with zero attached hydrogens (tertiary/aromatic N) is 3. The highest BCUT2D eigenvalue weighted by atomic mass is 16.5. The summed E-state index contributed by atoms with van der Waals surface area (Å²) >= 11 is 0. The summed E-state index contributed by atoms with van der Waals surface area (Å²) in [5, 5.41) is 0.885. The van der Waals surface area contributed by atoms with Gasteiger partial charge in [-0.05, 0) is 17.7 Å². The molecule has 0 fully saturated rings. The maximum absolute atomic E-state index is 5.93. The van der Waals surface area contributed by atoms with Gasteiger partial charge in [0, 0.05) is 29.5 Å². The first-order chi connectivity index (χ1) is 11.4. The van der Waals surface area contributed by atoms with Crippen LogP contribution in [0.1, 0.15) is 0 Å². The fourth-order valence-corrected chi connectivity index (χ4v) is 2.42. The molecule has 4 heteroatoms. The number of hydrogen-bond donors (Lipinski definition) is 0. The highest BCUT2D eigenvalue weighted by molar-refractivity contribution is 5.76. The van der Waals surface area contributed by atoms with Crippen molar-refractivity contribution >= 4 is 10.9 Å². The molecule has 4 aromatic rings. The first-order valence-corrected chi connectivity index (χ1v) is 7.29. The number of para-hydroxylation sites is 1. The molecule has 2 heterocycles. The van der Waals surface area contributed by atoms with Crippen molar-refractivity contribution in [3.63, 3.8) is 0 Å². The lowest BCUT2D eigenvalue weighted by atomic mass is 10.1. The average Bonchev–Trinajstić information content (AvgIpc) is 2.63. The van der Waals surface area contributed by atoms with Crippen LogP contribution in [-0.4, -0.2) is 15.0 Å². The topological polar surface area (TPSA) is 47.9 Å². The Hall–Kier alpha value is -3.27. The second-order valence-electron chi connectivity index (χ2n) is 5.05. The van der Waals surface area contributed by atoms with E-state index < -0.39 is 0 Å². The molecular formula is C19H13N3O. The molecule has 4 nitrogen and oxygen atoms in total. The molecule has 110 valence electrons. The Balaban J connectivity index is 1.73. The Morgan fingerprint density at radius 1 is 0.783 bits per heavy atom. The molecule has 4 rings (SSSR count). The molecule has 0 saturated carbocycles. The Morgan fingerprint density at radius 2 is 1.61 bits per heavy atom.